The summed E-state index contributed by atoms with van der Waals surface area (Å²) in [5, 5.41) is 21.0. The average Bonchev–Trinajstić information content (AvgIpc) is 2.92. The number of aromatic nitrogens is 1. The number of rotatable bonds is 2. The summed E-state index contributed by atoms with van der Waals surface area (Å²) in [5.74, 6) is 1.68. The Morgan fingerprint density at radius 1 is 1.39 bits per heavy atom. The Morgan fingerprint density at radius 2 is 2.26 bits per heavy atom. The lowest BCUT2D eigenvalue weighted by Gasteiger charge is -2.59. The number of aromatic amines is 1. The van der Waals surface area contributed by atoms with Gasteiger partial charge in [0, 0.05) is 41.7 Å². The Balaban J connectivity index is 1.67. The predicted molar refractivity (Wildman–Crippen MR) is 89.3 cm³/mol. The molecule has 0 amide bonds. The third-order valence-corrected chi connectivity index (χ3v) is 6.52. The summed E-state index contributed by atoms with van der Waals surface area (Å²) in [6.45, 7) is 5.32. The normalized spacial score (nSPS) is 37.8. The molecule has 0 aliphatic carbocycles. The van der Waals surface area contributed by atoms with Crippen LogP contribution in [0.4, 0.5) is 0 Å². The average molecular weight is 310 g/mol. The molecule has 2 aromatic rings. The number of phenols is 1. The van der Waals surface area contributed by atoms with Crippen LogP contribution in [-0.2, 0) is 6.42 Å². The minimum atomic E-state index is 0.256. The van der Waals surface area contributed by atoms with Crippen molar-refractivity contribution in [1.82, 2.24) is 9.88 Å². The first kappa shape index (κ1) is 13.6. The van der Waals surface area contributed by atoms with Gasteiger partial charge in [-0.25, -0.2) is 0 Å². The lowest BCUT2D eigenvalue weighted by molar-refractivity contribution is -0.101. The van der Waals surface area contributed by atoms with Crippen molar-refractivity contribution in [1.29, 1.82) is 0 Å². The van der Waals surface area contributed by atoms with E-state index in [0.717, 1.165) is 30.3 Å². The molecule has 3 N–H and O–H groups in total. The third-order valence-electron chi connectivity index (χ3n) is 6.52. The highest BCUT2D eigenvalue weighted by Crippen LogP contribution is 2.54. The van der Waals surface area contributed by atoms with Crippen LogP contribution >= 0.6 is 0 Å². The smallest absolute Gasteiger partial charge is 0.116 e. The van der Waals surface area contributed by atoms with Gasteiger partial charge in [-0.3, -0.25) is 4.90 Å². The third kappa shape index (κ3) is 1.68. The summed E-state index contributed by atoms with van der Waals surface area (Å²) in [7, 11) is 0. The molecular weight excluding hydrogens is 288 g/mol. The van der Waals surface area contributed by atoms with E-state index >= 15 is 0 Å². The van der Waals surface area contributed by atoms with Gasteiger partial charge in [0.25, 0.3) is 0 Å². The van der Waals surface area contributed by atoms with E-state index < -0.39 is 0 Å². The van der Waals surface area contributed by atoms with Crippen molar-refractivity contribution in [2.45, 2.75) is 24.9 Å². The molecule has 120 valence electrons. The van der Waals surface area contributed by atoms with Crippen molar-refractivity contribution in [2.24, 2.45) is 17.8 Å². The predicted octanol–water partition coefficient (Wildman–Crippen LogP) is 2.59. The zero-order valence-corrected chi connectivity index (χ0v) is 13.1. The summed E-state index contributed by atoms with van der Waals surface area (Å²) in [6, 6.07) is 6.42. The fourth-order valence-electron chi connectivity index (χ4n) is 5.49. The summed E-state index contributed by atoms with van der Waals surface area (Å²) in [6.07, 6.45) is 4.13. The van der Waals surface area contributed by atoms with Gasteiger partial charge in [-0.1, -0.05) is 6.08 Å². The molecule has 23 heavy (non-hydrogen) atoms. The van der Waals surface area contributed by atoms with E-state index in [2.05, 4.69) is 22.5 Å². The lowest BCUT2D eigenvalue weighted by atomic mass is 9.62. The Bertz CT molecular complexity index is 796. The molecule has 0 saturated carbocycles. The first-order valence-electron chi connectivity index (χ1n) is 8.54. The van der Waals surface area contributed by atoms with E-state index in [9.17, 15) is 10.2 Å². The van der Waals surface area contributed by atoms with Gasteiger partial charge in [0.1, 0.15) is 5.75 Å². The first-order chi connectivity index (χ1) is 11.2. The highest BCUT2D eigenvalue weighted by molar-refractivity contribution is 5.86. The van der Waals surface area contributed by atoms with Crippen LogP contribution in [0.25, 0.3) is 10.9 Å². The SMILES string of the molecule is C=CC1CN2[C@H]3C[C@@H]1[C@@H](CO)[C@@H]2Cc1c3[nH]c2ccc(O)cc12. The molecule has 3 saturated heterocycles. The molecule has 4 heteroatoms. The maximum absolute atomic E-state index is 9.99. The van der Waals surface area contributed by atoms with Gasteiger partial charge in [0.2, 0.25) is 0 Å². The molecule has 1 aromatic carbocycles. The number of hydrogen-bond donors (Lipinski definition) is 3. The number of hydrogen-bond acceptors (Lipinski definition) is 3. The molecule has 2 unspecified atom stereocenters. The molecule has 5 heterocycles. The van der Waals surface area contributed by atoms with Gasteiger partial charge in [-0.2, -0.15) is 0 Å². The molecule has 4 aliphatic heterocycles. The molecule has 6 atom stereocenters. The van der Waals surface area contributed by atoms with Crippen LogP contribution in [0, 0.1) is 17.8 Å². The second-order valence-corrected chi connectivity index (χ2v) is 7.38. The largest absolute Gasteiger partial charge is 0.508 e. The number of benzene rings is 1. The van der Waals surface area contributed by atoms with Crippen molar-refractivity contribution in [3.8, 4) is 5.75 Å². The summed E-state index contributed by atoms with van der Waals surface area (Å²) in [5.41, 5.74) is 3.78. The van der Waals surface area contributed by atoms with Gasteiger partial charge in [-0.05, 0) is 48.4 Å². The Labute approximate surface area is 135 Å². The van der Waals surface area contributed by atoms with Crippen LogP contribution < -0.4 is 0 Å². The zero-order valence-electron chi connectivity index (χ0n) is 13.1. The van der Waals surface area contributed by atoms with Gasteiger partial charge in [-0.15, -0.1) is 6.58 Å². The maximum Gasteiger partial charge on any atom is 0.116 e. The van der Waals surface area contributed by atoms with Crippen molar-refractivity contribution in [3.63, 3.8) is 0 Å². The van der Waals surface area contributed by atoms with Crippen molar-refractivity contribution >= 4 is 10.9 Å². The summed E-state index contributed by atoms with van der Waals surface area (Å²) >= 11 is 0. The van der Waals surface area contributed by atoms with E-state index in [1.54, 1.807) is 6.07 Å². The van der Waals surface area contributed by atoms with Crippen molar-refractivity contribution in [3.05, 3.63) is 42.1 Å². The zero-order chi connectivity index (χ0) is 15.7. The number of H-pyrrole nitrogens is 1. The first-order valence-corrected chi connectivity index (χ1v) is 8.54. The number of aromatic hydroxyl groups is 1. The minimum absolute atomic E-state index is 0.256. The highest BCUT2D eigenvalue weighted by atomic mass is 16.3. The number of aliphatic hydroxyl groups excluding tert-OH is 1. The fraction of sp³-hybridized carbons (Fsp3) is 0.474. The standard InChI is InChI=1S/C19H22N2O2/c1-2-10-8-21-17-7-14-13-5-11(23)3-4-16(13)20-19(14)18(21)6-12(10)15(17)9-22/h2-5,10,12,15,17-18,20,22-23H,1,6-9H2/t10?,12-,15+,17-,18-/m0/s1. The number of phenolic OH excluding ortho intramolecular Hbond substituents is 1. The van der Waals surface area contributed by atoms with Crippen molar-refractivity contribution in [2.75, 3.05) is 13.2 Å². The Kier molecular flexibility index (Phi) is 2.74. The number of fused-ring (bicyclic) bond motifs is 4. The topological polar surface area (TPSA) is 59.5 Å². The van der Waals surface area contributed by atoms with Gasteiger partial charge in [0.15, 0.2) is 0 Å². The fourth-order valence-corrected chi connectivity index (χ4v) is 5.49. The van der Waals surface area contributed by atoms with Crippen LogP contribution in [-0.4, -0.2) is 39.3 Å². The molecule has 4 nitrogen and oxygen atoms in total. The molecule has 4 aliphatic rings. The summed E-state index contributed by atoms with van der Waals surface area (Å²) in [4.78, 5) is 6.20. The van der Waals surface area contributed by atoms with Crippen molar-refractivity contribution < 1.29 is 10.2 Å². The van der Waals surface area contributed by atoms with E-state index in [-0.39, 0.29) is 6.61 Å². The van der Waals surface area contributed by atoms with E-state index in [0.29, 0.717) is 35.6 Å². The maximum atomic E-state index is 9.99. The number of nitrogens with zero attached hydrogens (tertiary/aromatic N) is 1. The second-order valence-electron chi connectivity index (χ2n) is 7.38. The number of aliphatic hydroxyl groups is 1. The quantitative estimate of drug-likeness (QED) is 0.747. The number of piperidine rings is 3. The van der Waals surface area contributed by atoms with Crippen LogP contribution in [0.2, 0.25) is 0 Å². The minimum Gasteiger partial charge on any atom is -0.508 e. The van der Waals surface area contributed by atoms with Crippen LogP contribution in [0.1, 0.15) is 23.7 Å². The Hall–Kier alpha value is -1.78. The molecule has 1 aromatic heterocycles. The summed E-state index contributed by atoms with van der Waals surface area (Å²) < 4.78 is 0. The monoisotopic (exact) mass is 310 g/mol. The second kappa shape index (κ2) is 4.62. The molecule has 0 spiro atoms. The molecule has 0 radical (unpaired) electrons. The lowest BCUT2D eigenvalue weighted by Crippen LogP contribution is -2.62. The molecule has 4 bridgehead atoms. The van der Waals surface area contributed by atoms with Crippen LogP contribution in [0.15, 0.2) is 30.9 Å². The molecule has 3 fully saturated rings. The van der Waals surface area contributed by atoms with E-state index in [4.69, 9.17) is 0 Å². The van der Waals surface area contributed by atoms with Crippen LogP contribution in [0.3, 0.4) is 0 Å². The molecule has 6 rings (SSSR count). The molecular formula is C19H22N2O2. The Morgan fingerprint density at radius 3 is 3.04 bits per heavy atom. The van der Waals surface area contributed by atoms with Gasteiger partial charge < -0.3 is 15.2 Å². The van der Waals surface area contributed by atoms with Gasteiger partial charge >= 0.3 is 0 Å². The van der Waals surface area contributed by atoms with Gasteiger partial charge in [0.05, 0.1) is 6.04 Å². The van der Waals surface area contributed by atoms with E-state index in [1.165, 1.54) is 11.3 Å². The highest BCUT2D eigenvalue weighted by Gasteiger charge is 2.53. The van der Waals surface area contributed by atoms with Crippen LogP contribution in [0.5, 0.6) is 5.75 Å². The van der Waals surface area contributed by atoms with E-state index in [1.807, 2.05) is 12.1 Å². The number of nitrogens with one attached hydrogen (secondary N) is 1.